The highest BCUT2D eigenvalue weighted by Crippen LogP contribution is 2.21. The molecule has 5 heteroatoms. The second-order valence-corrected chi connectivity index (χ2v) is 5.67. The fourth-order valence-electron chi connectivity index (χ4n) is 1.90. The molecule has 3 rings (SSSR count). The van der Waals surface area contributed by atoms with E-state index < -0.39 is 0 Å². The third-order valence-electron chi connectivity index (χ3n) is 2.92. The van der Waals surface area contributed by atoms with Crippen LogP contribution in [0.25, 0.3) is 16.3 Å². The Balaban J connectivity index is 1.72. The number of anilines is 1. The van der Waals surface area contributed by atoms with Gasteiger partial charge in [0.15, 0.2) is 0 Å². The Bertz CT molecular complexity index is 826. The van der Waals surface area contributed by atoms with Gasteiger partial charge in [0.1, 0.15) is 0 Å². The number of hydrogen-bond donors (Lipinski definition) is 1. The highest BCUT2D eigenvalue weighted by molar-refractivity contribution is 7.16. The van der Waals surface area contributed by atoms with Crippen LogP contribution in [0.1, 0.15) is 5.56 Å². The summed E-state index contributed by atoms with van der Waals surface area (Å²) in [7, 11) is 0. The summed E-state index contributed by atoms with van der Waals surface area (Å²) in [6.07, 6.45) is 3.16. The van der Waals surface area contributed by atoms with E-state index in [0.29, 0.717) is 5.02 Å². The molecule has 1 N–H and O–H groups in total. The summed E-state index contributed by atoms with van der Waals surface area (Å²) in [5.74, 6) is -0.204. The fourth-order valence-corrected chi connectivity index (χ4v) is 2.75. The molecule has 0 aliphatic carbocycles. The van der Waals surface area contributed by atoms with Crippen LogP contribution < -0.4 is 5.32 Å². The number of carbonyl (C=O) groups excluding carboxylic acids is 1. The van der Waals surface area contributed by atoms with Gasteiger partial charge in [-0.15, -0.1) is 11.3 Å². The number of hydrogen-bond acceptors (Lipinski definition) is 3. The average Bonchev–Trinajstić information content (AvgIpc) is 2.94. The molecule has 1 aromatic heterocycles. The van der Waals surface area contributed by atoms with E-state index in [2.05, 4.69) is 10.3 Å². The van der Waals surface area contributed by atoms with Gasteiger partial charge >= 0.3 is 0 Å². The molecule has 0 aliphatic heterocycles. The minimum atomic E-state index is -0.204. The molecule has 1 heterocycles. The van der Waals surface area contributed by atoms with Crippen LogP contribution >= 0.6 is 22.9 Å². The van der Waals surface area contributed by atoms with Crippen molar-refractivity contribution < 1.29 is 4.79 Å². The van der Waals surface area contributed by atoms with Crippen molar-refractivity contribution in [3.63, 3.8) is 0 Å². The van der Waals surface area contributed by atoms with Gasteiger partial charge in [0, 0.05) is 16.8 Å². The normalized spacial score (nSPS) is 11.1. The molecule has 0 unspecified atom stereocenters. The topological polar surface area (TPSA) is 42.0 Å². The molecule has 0 saturated heterocycles. The summed E-state index contributed by atoms with van der Waals surface area (Å²) in [4.78, 5) is 16.1. The Morgan fingerprint density at radius 3 is 2.95 bits per heavy atom. The van der Waals surface area contributed by atoms with Crippen LogP contribution in [0.2, 0.25) is 5.02 Å². The van der Waals surface area contributed by atoms with Crippen molar-refractivity contribution >= 4 is 50.8 Å². The minimum Gasteiger partial charge on any atom is -0.322 e. The summed E-state index contributed by atoms with van der Waals surface area (Å²) in [5, 5.41) is 3.43. The number of halogens is 1. The van der Waals surface area contributed by atoms with Crippen LogP contribution in [0.3, 0.4) is 0 Å². The summed E-state index contributed by atoms with van der Waals surface area (Å²) in [6.45, 7) is 0. The first-order chi connectivity index (χ1) is 10.2. The zero-order valence-electron chi connectivity index (χ0n) is 10.9. The number of nitrogens with one attached hydrogen (secondary N) is 1. The summed E-state index contributed by atoms with van der Waals surface area (Å²) in [5.41, 5.74) is 4.20. The van der Waals surface area contributed by atoms with Crippen molar-refractivity contribution in [3.8, 4) is 0 Å². The lowest BCUT2D eigenvalue weighted by atomic mass is 10.2. The number of nitrogens with zero attached hydrogens (tertiary/aromatic N) is 1. The van der Waals surface area contributed by atoms with E-state index in [-0.39, 0.29) is 5.91 Å². The smallest absolute Gasteiger partial charge is 0.248 e. The molecule has 1 amide bonds. The van der Waals surface area contributed by atoms with Crippen LogP contribution in [0.15, 0.2) is 54.1 Å². The molecule has 3 nitrogen and oxygen atoms in total. The van der Waals surface area contributed by atoms with Crippen molar-refractivity contribution in [1.82, 2.24) is 4.98 Å². The van der Waals surface area contributed by atoms with Crippen LogP contribution in [-0.2, 0) is 4.79 Å². The van der Waals surface area contributed by atoms with Crippen LogP contribution in [0.5, 0.6) is 0 Å². The van der Waals surface area contributed by atoms with Gasteiger partial charge in [0.25, 0.3) is 0 Å². The maximum absolute atomic E-state index is 11.9. The minimum absolute atomic E-state index is 0.204. The third-order valence-corrected chi connectivity index (χ3v) is 4.07. The average molecular weight is 315 g/mol. The van der Waals surface area contributed by atoms with Crippen molar-refractivity contribution in [3.05, 3.63) is 64.6 Å². The predicted octanol–water partition coefficient (Wildman–Crippen LogP) is 4.60. The van der Waals surface area contributed by atoms with E-state index in [4.69, 9.17) is 11.6 Å². The van der Waals surface area contributed by atoms with Gasteiger partial charge < -0.3 is 5.32 Å². The van der Waals surface area contributed by atoms with Gasteiger partial charge in [-0.05, 0) is 35.9 Å². The first kappa shape index (κ1) is 13.8. The quantitative estimate of drug-likeness (QED) is 0.718. The Hall–Kier alpha value is -2.17. The molecule has 2 aromatic carbocycles. The molecule has 0 aliphatic rings. The van der Waals surface area contributed by atoms with Crippen molar-refractivity contribution in [2.24, 2.45) is 0 Å². The monoisotopic (exact) mass is 314 g/mol. The first-order valence-electron chi connectivity index (χ1n) is 6.29. The first-order valence-corrected chi connectivity index (χ1v) is 7.55. The van der Waals surface area contributed by atoms with Gasteiger partial charge in [-0.25, -0.2) is 4.98 Å². The molecule has 0 bridgehead atoms. The third kappa shape index (κ3) is 3.29. The molecule has 0 radical (unpaired) electrons. The highest BCUT2D eigenvalue weighted by atomic mass is 35.5. The predicted molar refractivity (Wildman–Crippen MR) is 88.7 cm³/mol. The van der Waals surface area contributed by atoms with Gasteiger partial charge in [-0.1, -0.05) is 29.8 Å². The van der Waals surface area contributed by atoms with E-state index in [1.165, 1.54) is 6.08 Å². The van der Waals surface area contributed by atoms with Gasteiger partial charge in [0.05, 0.1) is 15.7 Å². The zero-order valence-corrected chi connectivity index (χ0v) is 12.5. The Morgan fingerprint density at radius 2 is 2.10 bits per heavy atom. The highest BCUT2D eigenvalue weighted by Gasteiger charge is 2.02. The molecule has 0 spiro atoms. The molecule has 0 atom stereocenters. The molecule has 104 valence electrons. The molecule has 3 aromatic rings. The number of aromatic nitrogens is 1. The Labute approximate surface area is 130 Å². The number of amides is 1. The molecule has 0 saturated carbocycles. The summed E-state index contributed by atoms with van der Waals surface area (Å²) >= 11 is 7.60. The van der Waals surface area contributed by atoms with E-state index >= 15 is 0 Å². The lowest BCUT2D eigenvalue weighted by Crippen LogP contribution is -2.07. The second kappa shape index (κ2) is 6.08. The maximum atomic E-state index is 11.9. The fraction of sp³-hybridized carbons (Fsp3) is 0. The lowest BCUT2D eigenvalue weighted by Gasteiger charge is -2.02. The number of benzene rings is 2. The van der Waals surface area contributed by atoms with E-state index in [0.717, 1.165) is 21.5 Å². The van der Waals surface area contributed by atoms with Crippen molar-refractivity contribution in [1.29, 1.82) is 0 Å². The molecular weight excluding hydrogens is 304 g/mol. The second-order valence-electron chi connectivity index (χ2n) is 4.38. The van der Waals surface area contributed by atoms with Crippen LogP contribution in [0, 0.1) is 0 Å². The number of rotatable bonds is 3. The number of carbonyl (C=O) groups is 1. The zero-order chi connectivity index (χ0) is 14.7. The van der Waals surface area contributed by atoms with Crippen molar-refractivity contribution in [2.75, 3.05) is 5.32 Å². The Morgan fingerprint density at radius 1 is 1.24 bits per heavy atom. The number of fused-ring (bicyclic) bond motifs is 1. The van der Waals surface area contributed by atoms with E-state index in [9.17, 15) is 4.79 Å². The summed E-state index contributed by atoms with van der Waals surface area (Å²) in [6, 6.07) is 13.0. The lowest BCUT2D eigenvalue weighted by molar-refractivity contribution is -0.111. The molecule has 0 fully saturated rings. The summed E-state index contributed by atoms with van der Waals surface area (Å²) < 4.78 is 1.10. The van der Waals surface area contributed by atoms with Gasteiger partial charge in [0.2, 0.25) is 5.91 Å². The van der Waals surface area contributed by atoms with Gasteiger partial charge in [-0.3, -0.25) is 4.79 Å². The molecule has 21 heavy (non-hydrogen) atoms. The SMILES string of the molecule is O=C(C=Cc1ccccc1Cl)Nc1ccc2scnc2c1. The Kier molecular flexibility index (Phi) is 3.99. The largest absolute Gasteiger partial charge is 0.322 e. The van der Waals surface area contributed by atoms with E-state index in [1.807, 2.05) is 36.4 Å². The van der Waals surface area contributed by atoms with Crippen LogP contribution in [-0.4, -0.2) is 10.9 Å². The standard InChI is InChI=1S/C16H11ClN2OS/c17-13-4-2-1-3-11(13)5-8-16(20)19-12-6-7-15-14(9-12)18-10-21-15/h1-10H,(H,19,20). The van der Waals surface area contributed by atoms with Crippen LogP contribution in [0.4, 0.5) is 5.69 Å². The van der Waals surface area contributed by atoms with Gasteiger partial charge in [-0.2, -0.15) is 0 Å². The molecular formula is C16H11ClN2OS. The maximum Gasteiger partial charge on any atom is 0.248 e. The van der Waals surface area contributed by atoms with E-state index in [1.54, 1.807) is 29.0 Å². The van der Waals surface area contributed by atoms with Crippen molar-refractivity contribution in [2.45, 2.75) is 0 Å². The number of thiazole rings is 1.